The monoisotopic (exact) mass is 443 g/mol. The van der Waals surface area contributed by atoms with E-state index in [2.05, 4.69) is 20.5 Å². The number of hydrogen-bond acceptors (Lipinski definition) is 8. The van der Waals surface area contributed by atoms with Gasteiger partial charge in [-0.25, -0.2) is 4.98 Å². The number of nitrogens with one attached hydrogen (secondary N) is 1. The van der Waals surface area contributed by atoms with E-state index in [1.807, 2.05) is 22.9 Å². The molecule has 0 saturated carbocycles. The number of aromatic nitrogens is 4. The van der Waals surface area contributed by atoms with Gasteiger partial charge in [0.1, 0.15) is 11.4 Å². The highest BCUT2D eigenvalue weighted by Gasteiger charge is 2.35. The van der Waals surface area contributed by atoms with E-state index in [1.54, 1.807) is 0 Å². The summed E-state index contributed by atoms with van der Waals surface area (Å²) in [7, 11) is 0. The minimum absolute atomic E-state index is 0.208. The number of anilines is 1. The molecule has 0 atom stereocenters. The number of carbonyl (C=O) groups excluding carboxylic acids is 1. The molecule has 0 aliphatic carbocycles. The molecule has 28 heavy (non-hydrogen) atoms. The van der Waals surface area contributed by atoms with Crippen LogP contribution in [-0.2, 0) is 17.5 Å². The zero-order valence-corrected chi connectivity index (χ0v) is 16.0. The van der Waals surface area contributed by atoms with Crippen molar-refractivity contribution in [2.45, 2.75) is 12.7 Å². The number of hydrogen-bond donors (Lipinski definition) is 1. The van der Waals surface area contributed by atoms with Crippen LogP contribution in [-0.4, -0.2) is 25.7 Å². The van der Waals surface area contributed by atoms with Gasteiger partial charge in [0.2, 0.25) is 16.0 Å². The van der Waals surface area contributed by atoms with Gasteiger partial charge in [0, 0.05) is 15.8 Å². The normalized spacial score (nSPS) is 11.8. The van der Waals surface area contributed by atoms with Gasteiger partial charge in [0.05, 0.1) is 11.7 Å². The molecule has 0 spiro atoms. The summed E-state index contributed by atoms with van der Waals surface area (Å²) in [4.78, 5) is 30.6. The maximum atomic E-state index is 12.8. The van der Waals surface area contributed by atoms with Crippen molar-refractivity contribution in [3.8, 4) is 10.4 Å². The Morgan fingerprint density at radius 1 is 1.25 bits per heavy atom. The average Bonchev–Trinajstić information content (AvgIpc) is 3.35. The lowest BCUT2D eigenvalue weighted by Crippen LogP contribution is -2.27. The first-order valence-electron chi connectivity index (χ1n) is 7.54. The van der Waals surface area contributed by atoms with Crippen LogP contribution in [0.5, 0.6) is 0 Å². The topological polar surface area (TPSA) is 89.8 Å². The number of halogens is 3. The zero-order chi connectivity index (χ0) is 19.9. The molecule has 0 bridgehead atoms. The molecule has 0 radical (unpaired) electrons. The first kappa shape index (κ1) is 18.7. The smallest absolute Gasteiger partial charge is 0.299 e. The SMILES string of the molecule is O=C(Cn1cnc2scc(-c3cccs3)c2c1=O)Nc1nnc(C(F)(F)F)s1. The molecule has 0 aliphatic rings. The third-order valence-electron chi connectivity index (χ3n) is 3.58. The Morgan fingerprint density at radius 3 is 2.75 bits per heavy atom. The summed E-state index contributed by atoms with van der Waals surface area (Å²) in [5.74, 6) is -0.707. The lowest BCUT2D eigenvalue weighted by atomic mass is 10.2. The van der Waals surface area contributed by atoms with Crippen LogP contribution in [0.25, 0.3) is 20.7 Å². The molecule has 0 aliphatic heterocycles. The highest BCUT2D eigenvalue weighted by molar-refractivity contribution is 7.18. The highest BCUT2D eigenvalue weighted by Crippen LogP contribution is 2.34. The summed E-state index contributed by atoms with van der Waals surface area (Å²) >= 11 is 3.00. The molecule has 0 fully saturated rings. The van der Waals surface area contributed by atoms with Gasteiger partial charge in [-0.3, -0.25) is 19.5 Å². The third-order valence-corrected chi connectivity index (χ3v) is 6.25. The van der Waals surface area contributed by atoms with E-state index in [0.29, 0.717) is 10.2 Å². The van der Waals surface area contributed by atoms with Crippen molar-refractivity contribution in [1.82, 2.24) is 19.7 Å². The van der Waals surface area contributed by atoms with Crippen molar-refractivity contribution in [2.24, 2.45) is 0 Å². The average molecular weight is 443 g/mol. The summed E-state index contributed by atoms with van der Waals surface area (Å²) in [6, 6.07) is 3.74. The molecule has 1 N–H and O–H groups in total. The molecule has 4 heterocycles. The van der Waals surface area contributed by atoms with Crippen LogP contribution >= 0.6 is 34.0 Å². The van der Waals surface area contributed by atoms with E-state index in [1.165, 1.54) is 29.0 Å². The van der Waals surface area contributed by atoms with Crippen LogP contribution in [0.3, 0.4) is 0 Å². The van der Waals surface area contributed by atoms with Crippen molar-refractivity contribution in [2.75, 3.05) is 5.32 Å². The lowest BCUT2D eigenvalue weighted by molar-refractivity contribution is -0.138. The van der Waals surface area contributed by atoms with E-state index in [4.69, 9.17) is 0 Å². The zero-order valence-electron chi connectivity index (χ0n) is 13.6. The Morgan fingerprint density at radius 2 is 2.07 bits per heavy atom. The molecule has 0 saturated heterocycles. The van der Waals surface area contributed by atoms with Crippen LogP contribution in [0.15, 0.2) is 34.0 Å². The van der Waals surface area contributed by atoms with Gasteiger partial charge in [-0.05, 0) is 11.4 Å². The first-order valence-corrected chi connectivity index (χ1v) is 10.1. The number of nitrogens with zero attached hydrogens (tertiary/aromatic N) is 4. The van der Waals surface area contributed by atoms with Gasteiger partial charge in [0.25, 0.3) is 5.56 Å². The molecular weight excluding hydrogens is 435 g/mol. The molecule has 144 valence electrons. The van der Waals surface area contributed by atoms with Gasteiger partial charge < -0.3 is 0 Å². The lowest BCUT2D eigenvalue weighted by Gasteiger charge is -2.05. The van der Waals surface area contributed by atoms with Gasteiger partial charge in [-0.15, -0.1) is 32.9 Å². The molecule has 1 amide bonds. The van der Waals surface area contributed by atoms with Crippen molar-refractivity contribution in [3.05, 3.63) is 44.6 Å². The fourth-order valence-electron chi connectivity index (χ4n) is 2.40. The van der Waals surface area contributed by atoms with E-state index < -0.39 is 29.2 Å². The first-order chi connectivity index (χ1) is 13.3. The predicted octanol–water partition coefficient (Wildman–Crippen LogP) is 3.70. The van der Waals surface area contributed by atoms with Gasteiger partial charge in [-0.2, -0.15) is 13.2 Å². The quantitative estimate of drug-likeness (QED) is 0.520. The summed E-state index contributed by atoms with van der Waals surface area (Å²) in [5, 5.41) is 11.2. The van der Waals surface area contributed by atoms with Crippen molar-refractivity contribution in [3.63, 3.8) is 0 Å². The Kier molecular flexibility index (Phi) is 4.72. The van der Waals surface area contributed by atoms with Crippen molar-refractivity contribution in [1.29, 1.82) is 0 Å². The van der Waals surface area contributed by atoms with Gasteiger partial charge >= 0.3 is 6.18 Å². The third kappa shape index (κ3) is 3.55. The minimum Gasteiger partial charge on any atom is -0.299 e. The summed E-state index contributed by atoms with van der Waals surface area (Å²) < 4.78 is 38.8. The maximum Gasteiger partial charge on any atom is 0.445 e. The van der Waals surface area contributed by atoms with E-state index >= 15 is 0 Å². The highest BCUT2D eigenvalue weighted by atomic mass is 32.1. The molecule has 4 aromatic rings. The molecular formula is C15H8F3N5O2S3. The Bertz CT molecular complexity index is 1210. The van der Waals surface area contributed by atoms with Crippen LogP contribution < -0.4 is 10.9 Å². The number of carbonyl (C=O) groups is 1. The Labute approximate surface area is 166 Å². The van der Waals surface area contributed by atoms with Crippen molar-refractivity contribution >= 4 is 55.3 Å². The summed E-state index contributed by atoms with van der Waals surface area (Å²) in [5.41, 5.74) is 0.333. The van der Waals surface area contributed by atoms with Crippen LogP contribution in [0.4, 0.5) is 18.3 Å². The second kappa shape index (κ2) is 7.07. The Hall–Kier alpha value is -2.64. The van der Waals surface area contributed by atoms with E-state index in [0.717, 1.165) is 15.0 Å². The predicted molar refractivity (Wildman–Crippen MR) is 101 cm³/mol. The Balaban J connectivity index is 1.59. The minimum atomic E-state index is -4.64. The standard InChI is InChI=1S/C15H8F3N5O2S3/c16-15(17,18)13-21-22-14(28-13)20-9(24)4-23-6-19-11-10(12(23)25)7(5-27-11)8-2-1-3-26-8/h1-3,5-6H,4H2,(H,20,22,24). The number of thiophene rings is 2. The molecule has 13 heteroatoms. The van der Waals surface area contributed by atoms with Gasteiger partial charge in [0.15, 0.2) is 0 Å². The van der Waals surface area contributed by atoms with Crippen LogP contribution in [0.2, 0.25) is 0 Å². The molecule has 0 aromatic carbocycles. The number of rotatable bonds is 4. The summed E-state index contributed by atoms with van der Waals surface area (Å²) in [6.07, 6.45) is -3.40. The number of fused-ring (bicyclic) bond motifs is 1. The second-order valence-electron chi connectivity index (χ2n) is 5.44. The maximum absolute atomic E-state index is 12.8. The molecule has 7 nitrogen and oxygen atoms in total. The van der Waals surface area contributed by atoms with Crippen LogP contribution in [0.1, 0.15) is 5.01 Å². The largest absolute Gasteiger partial charge is 0.445 e. The number of amides is 1. The van der Waals surface area contributed by atoms with Gasteiger partial charge in [-0.1, -0.05) is 17.4 Å². The summed E-state index contributed by atoms with van der Waals surface area (Å²) in [6.45, 7) is -0.414. The second-order valence-corrected chi connectivity index (χ2v) is 8.23. The fraction of sp³-hybridized carbons (Fsp3) is 0.133. The van der Waals surface area contributed by atoms with Crippen LogP contribution in [0, 0.1) is 0 Å². The molecule has 0 unspecified atom stereocenters. The van der Waals surface area contributed by atoms with E-state index in [9.17, 15) is 22.8 Å². The fourth-order valence-corrected chi connectivity index (χ4v) is 4.74. The van der Waals surface area contributed by atoms with E-state index in [-0.39, 0.29) is 16.5 Å². The number of alkyl halides is 3. The van der Waals surface area contributed by atoms with Crippen molar-refractivity contribution < 1.29 is 18.0 Å². The molecule has 4 rings (SSSR count). The molecule has 4 aromatic heterocycles.